The quantitative estimate of drug-likeness (QED) is 0.920. The SMILES string of the molecule is CC(C)(C)S(=O)(=O)CCN1CCc2cc(C(=O)O)ccc21. The van der Waals surface area contributed by atoms with Crippen molar-refractivity contribution in [1.82, 2.24) is 0 Å². The van der Waals surface area contributed by atoms with E-state index >= 15 is 0 Å². The highest BCUT2D eigenvalue weighted by molar-refractivity contribution is 7.92. The van der Waals surface area contributed by atoms with E-state index in [0.29, 0.717) is 6.54 Å². The van der Waals surface area contributed by atoms with Crippen LogP contribution in [-0.2, 0) is 16.3 Å². The molecule has 0 aromatic heterocycles. The van der Waals surface area contributed by atoms with Crippen LogP contribution in [0.25, 0.3) is 0 Å². The van der Waals surface area contributed by atoms with Crippen LogP contribution in [0.4, 0.5) is 5.69 Å². The van der Waals surface area contributed by atoms with Crippen LogP contribution in [-0.4, -0.2) is 43.1 Å². The molecule has 1 aliphatic rings. The summed E-state index contributed by atoms with van der Waals surface area (Å²) in [5.41, 5.74) is 2.20. The Hall–Kier alpha value is -1.56. The zero-order chi connectivity index (χ0) is 15.8. The zero-order valence-corrected chi connectivity index (χ0v) is 13.4. The van der Waals surface area contributed by atoms with Crippen LogP contribution >= 0.6 is 0 Å². The van der Waals surface area contributed by atoms with E-state index in [1.165, 1.54) is 0 Å². The summed E-state index contributed by atoms with van der Waals surface area (Å²) in [6.07, 6.45) is 0.756. The summed E-state index contributed by atoms with van der Waals surface area (Å²) < 4.78 is 23.6. The second kappa shape index (κ2) is 5.33. The molecule has 6 heteroatoms. The molecule has 0 aliphatic carbocycles. The number of hydrogen-bond donors (Lipinski definition) is 1. The number of sulfone groups is 1. The number of rotatable bonds is 4. The maximum atomic E-state index is 12.2. The number of nitrogens with zero attached hydrogens (tertiary/aromatic N) is 1. The van der Waals surface area contributed by atoms with Gasteiger partial charge < -0.3 is 10.0 Å². The Balaban J connectivity index is 2.12. The van der Waals surface area contributed by atoms with E-state index in [2.05, 4.69) is 0 Å². The van der Waals surface area contributed by atoms with Gasteiger partial charge in [0.1, 0.15) is 0 Å². The summed E-state index contributed by atoms with van der Waals surface area (Å²) in [5, 5.41) is 8.99. The predicted molar refractivity (Wildman–Crippen MR) is 82.9 cm³/mol. The lowest BCUT2D eigenvalue weighted by Crippen LogP contribution is -2.36. The Kier molecular flexibility index (Phi) is 4.02. The Morgan fingerprint density at radius 1 is 1.33 bits per heavy atom. The zero-order valence-electron chi connectivity index (χ0n) is 12.6. The van der Waals surface area contributed by atoms with Gasteiger partial charge >= 0.3 is 5.97 Å². The van der Waals surface area contributed by atoms with Crippen molar-refractivity contribution in [2.45, 2.75) is 31.9 Å². The van der Waals surface area contributed by atoms with Gasteiger partial charge in [0.2, 0.25) is 0 Å². The molecule has 21 heavy (non-hydrogen) atoms. The first kappa shape index (κ1) is 15.8. The molecule has 5 nitrogen and oxygen atoms in total. The molecule has 0 bridgehead atoms. The molecule has 0 unspecified atom stereocenters. The van der Waals surface area contributed by atoms with Crippen molar-refractivity contribution in [2.75, 3.05) is 23.7 Å². The summed E-state index contributed by atoms with van der Waals surface area (Å²) in [6, 6.07) is 5.02. The number of fused-ring (bicyclic) bond motifs is 1. The number of aromatic carboxylic acids is 1. The second-order valence-electron chi connectivity index (χ2n) is 6.32. The topological polar surface area (TPSA) is 74.7 Å². The number of hydrogen-bond acceptors (Lipinski definition) is 4. The number of carboxylic acid groups (broad SMARTS) is 1. The third kappa shape index (κ3) is 3.20. The van der Waals surface area contributed by atoms with Gasteiger partial charge in [-0.2, -0.15) is 0 Å². The highest BCUT2D eigenvalue weighted by atomic mass is 32.2. The summed E-state index contributed by atoms with van der Waals surface area (Å²) in [6.45, 7) is 6.30. The average Bonchev–Trinajstić information content (AvgIpc) is 2.77. The largest absolute Gasteiger partial charge is 0.478 e. The van der Waals surface area contributed by atoms with Gasteiger partial charge in [0.15, 0.2) is 9.84 Å². The molecule has 1 aromatic carbocycles. The first-order valence-corrected chi connectivity index (χ1v) is 8.60. The van der Waals surface area contributed by atoms with Crippen LogP contribution < -0.4 is 4.90 Å². The second-order valence-corrected chi connectivity index (χ2v) is 9.18. The van der Waals surface area contributed by atoms with Gasteiger partial charge in [0, 0.05) is 18.8 Å². The van der Waals surface area contributed by atoms with E-state index in [-0.39, 0.29) is 11.3 Å². The molecule has 116 valence electrons. The van der Waals surface area contributed by atoms with Crippen molar-refractivity contribution in [3.63, 3.8) is 0 Å². The summed E-state index contributed by atoms with van der Waals surface area (Å²) in [7, 11) is -3.15. The maximum absolute atomic E-state index is 12.2. The molecule has 0 atom stereocenters. The molecule has 0 spiro atoms. The highest BCUT2D eigenvalue weighted by Gasteiger charge is 2.30. The van der Waals surface area contributed by atoms with E-state index < -0.39 is 20.6 Å². The molecule has 0 fully saturated rings. The van der Waals surface area contributed by atoms with Crippen LogP contribution in [0.5, 0.6) is 0 Å². The molecule has 1 N–H and O–H groups in total. The number of carboxylic acids is 1. The lowest BCUT2D eigenvalue weighted by molar-refractivity contribution is 0.0697. The van der Waals surface area contributed by atoms with Crippen molar-refractivity contribution in [3.8, 4) is 0 Å². The Morgan fingerprint density at radius 2 is 2.00 bits per heavy atom. The predicted octanol–water partition coefficient (Wildman–Crippen LogP) is 1.96. The monoisotopic (exact) mass is 311 g/mol. The molecule has 0 saturated carbocycles. The number of benzene rings is 1. The Morgan fingerprint density at radius 3 is 2.57 bits per heavy atom. The fourth-order valence-electron chi connectivity index (χ4n) is 2.37. The van der Waals surface area contributed by atoms with Gasteiger partial charge in [0.25, 0.3) is 0 Å². The Bertz CT molecular complexity index is 659. The van der Waals surface area contributed by atoms with Gasteiger partial charge in [-0.25, -0.2) is 13.2 Å². The van der Waals surface area contributed by atoms with Crippen LogP contribution in [0.3, 0.4) is 0 Å². The highest BCUT2D eigenvalue weighted by Crippen LogP contribution is 2.29. The van der Waals surface area contributed by atoms with Crippen molar-refractivity contribution in [3.05, 3.63) is 29.3 Å². The lowest BCUT2D eigenvalue weighted by atomic mass is 10.1. The first-order chi connectivity index (χ1) is 9.62. The molecule has 0 amide bonds. The molecular formula is C15H21NO4S. The van der Waals surface area contributed by atoms with Gasteiger partial charge in [0.05, 0.1) is 16.1 Å². The number of carbonyl (C=O) groups is 1. The molecule has 0 radical (unpaired) electrons. The minimum Gasteiger partial charge on any atom is -0.478 e. The molecule has 1 aromatic rings. The first-order valence-electron chi connectivity index (χ1n) is 6.95. The lowest BCUT2D eigenvalue weighted by Gasteiger charge is -2.23. The smallest absolute Gasteiger partial charge is 0.335 e. The third-order valence-electron chi connectivity index (χ3n) is 3.88. The van der Waals surface area contributed by atoms with E-state index in [1.54, 1.807) is 39.0 Å². The van der Waals surface area contributed by atoms with Crippen molar-refractivity contribution in [2.24, 2.45) is 0 Å². The van der Waals surface area contributed by atoms with Gasteiger partial charge in [-0.3, -0.25) is 0 Å². The van der Waals surface area contributed by atoms with E-state index in [1.807, 2.05) is 4.90 Å². The molecular weight excluding hydrogens is 290 g/mol. The van der Waals surface area contributed by atoms with Crippen LogP contribution in [0, 0.1) is 0 Å². The van der Waals surface area contributed by atoms with Crippen molar-refractivity contribution >= 4 is 21.5 Å². The van der Waals surface area contributed by atoms with E-state index in [0.717, 1.165) is 24.2 Å². The van der Waals surface area contributed by atoms with Crippen LogP contribution in [0.15, 0.2) is 18.2 Å². The van der Waals surface area contributed by atoms with E-state index in [4.69, 9.17) is 5.11 Å². The summed E-state index contributed by atoms with van der Waals surface area (Å²) in [5.74, 6) is -0.831. The number of anilines is 1. The van der Waals surface area contributed by atoms with E-state index in [9.17, 15) is 13.2 Å². The standard InChI is InChI=1S/C15H21NO4S/c1-15(2,3)21(19,20)9-8-16-7-6-11-10-12(14(17)18)4-5-13(11)16/h4-5,10H,6-9H2,1-3H3,(H,17,18). The van der Waals surface area contributed by atoms with Gasteiger partial charge in [-0.1, -0.05) is 0 Å². The minimum absolute atomic E-state index is 0.108. The molecule has 2 rings (SSSR count). The normalized spacial score (nSPS) is 15.1. The molecule has 1 heterocycles. The maximum Gasteiger partial charge on any atom is 0.335 e. The molecule has 1 aliphatic heterocycles. The molecule has 0 saturated heterocycles. The van der Waals surface area contributed by atoms with Crippen molar-refractivity contribution < 1.29 is 18.3 Å². The minimum atomic E-state index is -3.15. The van der Waals surface area contributed by atoms with Gasteiger partial charge in [-0.15, -0.1) is 0 Å². The van der Waals surface area contributed by atoms with Crippen LogP contribution in [0.1, 0.15) is 36.7 Å². The fourth-order valence-corrected chi connectivity index (χ4v) is 3.45. The van der Waals surface area contributed by atoms with Gasteiger partial charge in [-0.05, 0) is 51.0 Å². The average molecular weight is 311 g/mol. The van der Waals surface area contributed by atoms with Crippen LogP contribution in [0.2, 0.25) is 0 Å². The Labute approximate surface area is 125 Å². The summed E-state index contributed by atoms with van der Waals surface area (Å²) in [4.78, 5) is 13.0. The third-order valence-corrected chi connectivity index (χ3v) is 6.47. The van der Waals surface area contributed by atoms with Crippen molar-refractivity contribution in [1.29, 1.82) is 0 Å². The summed E-state index contributed by atoms with van der Waals surface area (Å²) >= 11 is 0. The fraction of sp³-hybridized carbons (Fsp3) is 0.533.